The summed E-state index contributed by atoms with van der Waals surface area (Å²) >= 11 is 0. The molecule has 0 aliphatic carbocycles. The zero-order chi connectivity index (χ0) is 14.8. The monoisotopic (exact) mass is 284 g/mol. The molecule has 0 aliphatic rings. The molecule has 0 spiro atoms. The summed E-state index contributed by atoms with van der Waals surface area (Å²) in [5.74, 6) is -2.13. The number of halogens is 1. The van der Waals surface area contributed by atoms with Gasteiger partial charge in [-0.1, -0.05) is 30.3 Å². The number of rotatable bonds is 3. The van der Waals surface area contributed by atoms with Gasteiger partial charge in [0.25, 0.3) is 0 Å². The number of aromatic nitrogens is 4. The van der Waals surface area contributed by atoms with E-state index in [1.54, 1.807) is 30.3 Å². The van der Waals surface area contributed by atoms with Gasteiger partial charge in [-0.2, -0.15) is 0 Å². The Balaban J connectivity index is 2.26. The lowest BCUT2D eigenvalue weighted by Crippen LogP contribution is -2.06. The number of nitrogens with zero attached hydrogens (tertiary/aromatic N) is 4. The molecule has 3 rings (SSSR count). The average molecular weight is 284 g/mol. The lowest BCUT2D eigenvalue weighted by Gasteiger charge is -2.09. The highest BCUT2D eigenvalue weighted by molar-refractivity contribution is 5.91. The van der Waals surface area contributed by atoms with Crippen molar-refractivity contribution in [2.75, 3.05) is 0 Å². The summed E-state index contributed by atoms with van der Waals surface area (Å²) in [7, 11) is 0. The number of carboxylic acids is 1. The van der Waals surface area contributed by atoms with Crippen molar-refractivity contribution in [3.05, 3.63) is 60.2 Å². The largest absolute Gasteiger partial charge is 0.478 e. The summed E-state index contributed by atoms with van der Waals surface area (Å²) < 4.78 is 15.7. The van der Waals surface area contributed by atoms with Crippen LogP contribution in [-0.2, 0) is 0 Å². The minimum atomic E-state index is -1.35. The third kappa shape index (κ3) is 2.36. The van der Waals surface area contributed by atoms with E-state index < -0.39 is 17.3 Å². The molecule has 6 nitrogen and oxygen atoms in total. The minimum Gasteiger partial charge on any atom is -0.478 e. The smallest absolute Gasteiger partial charge is 0.338 e. The van der Waals surface area contributed by atoms with Gasteiger partial charge in [0, 0.05) is 5.56 Å². The molecule has 7 heteroatoms. The highest BCUT2D eigenvalue weighted by atomic mass is 19.1. The van der Waals surface area contributed by atoms with Gasteiger partial charge in [-0.05, 0) is 28.1 Å². The van der Waals surface area contributed by atoms with E-state index in [9.17, 15) is 9.18 Å². The van der Waals surface area contributed by atoms with E-state index >= 15 is 0 Å². The standard InChI is InChI=1S/C14H9FN4O2/c15-13-11(9-4-2-1-3-5-9)6-10(7-12(13)14(20)21)19-8-16-17-18-19/h1-8H,(H,20,21). The first-order valence-corrected chi connectivity index (χ1v) is 6.02. The molecule has 1 heterocycles. The van der Waals surface area contributed by atoms with Gasteiger partial charge in [-0.25, -0.2) is 13.9 Å². The second-order valence-electron chi connectivity index (χ2n) is 4.28. The molecular formula is C14H9FN4O2. The van der Waals surface area contributed by atoms with Crippen LogP contribution in [-0.4, -0.2) is 31.3 Å². The quantitative estimate of drug-likeness (QED) is 0.797. The first-order valence-electron chi connectivity index (χ1n) is 6.02. The maximum atomic E-state index is 14.4. The second-order valence-corrected chi connectivity index (χ2v) is 4.28. The van der Waals surface area contributed by atoms with Crippen molar-refractivity contribution >= 4 is 5.97 Å². The number of benzene rings is 2. The fraction of sp³-hybridized carbons (Fsp3) is 0. The molecule has 21 heavy (non-hydrogen) atoms. The molecule has 0 saturated carbocycles. The molecule has 2 aromatic carbocycles. The second kappa shape index (κ2) is 5.12. The Bertz CT molecular complexity index is 788. The Kier molecular flexibility index (Phi) is 3.15. The maximum Gasteiger partial charge on any atom is 0.338 e. The van der Waals surface area contributed by atoms with Crippen LogP contribution in [0.3, 0.4) is 0 Å². The van der Waals surface area contributed by atoms with Crippen molar-refractivity contribution in [3.8, 4) is 16.8 Å². The molecule has 0 amide bonds. The lowest BCUT2D eigenvalue weighted by atomic mass is 10.0. The van der Waals surface area contributed by atoms with E-state index in [2.05, 4.69) is 15.5 Å². The summed E-state index contributed by atoms with van der Waals surface area (Å²) in [4.78, 5) is 11.2. The number of carbonyl (C=O) groups is 1. The molecule has 1 N–H and O–H groups in total. The van der Waals surface area contributed by atoms with Crippen LogP contribution in [0.15, 0.2) is 48.8 Å². The summed E-state index contributed by atoms with van der Waals surface area (Å²) in [5.41, 5.74) is 0.702. The van der Waals surface area contributed by atoms with E-state index in [0.717, 1.165) is 0 Å². The van der Waals surface area contributed by atoms with Gasteiger partial charge in [-0.15, -0.1) is 5.10 Å². The molecule has 0 aliphatic heterocycles. The van der Waals surface area contributed by atoms with Gasteiger partial charge in [0.15, 0.2) is 0 Å². The van der Waals surface area contributed by atoms with Gasteiger partial charge in [0.1, 0.15) is 12.1 Å². The van der Waals surface area contributed by atoms with Crippen LogP contribution in [0.1, 0.15) is 10.4 Å². The number of aromatic carboxylic acids is 1. The SMILES string of the molecule is O=C(O)c1cc(-n2cnnn2)cc(-c2ccccc2)c1F. The van der Waals surface area contributed by atoms with Crippen molar-refractivity contribution in [2.24, 2.45) is 0 Å². The Hall–Kier alpha value is -3.09. The van der Waals surface area contributed by atoms with Gasteiger partial charge in [-0.3, -0.25) is 0 Å². The number of carboxylic acid groups (broad SMARTS) is 1. The highest BCUT2D eigenvalue weighted by Gasteiger charge is 2.18. The molecule has 0 saturated heterocycles. The van der Waals surface area contributed by atoms with Crippen LogP contribution in [0.5, 0.6) is 0 Å². The van der Waals surface area contributed by atoms with Crippen molar-refractivity contribution in [3.63, 3.8) is 0 Å². The molecule has 0 fully saturated rings. The zero-order valence-corrected chi connectivity index (χ0v) is 10.6. The van der Waals surface area contributed by atoms with Crippen molar-refractivity contribution in [1.82, 2.24) is 20.2 Å². The number of hydrogen-bond donors (Lipinski definition) is 1. The fourth-order valence-corrected chi connectivity index (χ4v) is 2.00. The Morgan fingerprint density at radius 2 is 1.95 bits per heavy atom. The molecule has 0 unspecified atom stereocenters. The predicted molar refractivity (Wildman–Crippen MR) is 71.5 cm³/mol. The Labute approximate surface area is 118 Å². The molecule has 0 atom stereocenters. The summed E-state index contributed by atoms with van der Waals surface area (Å²) in [5, 5.41) is 19.8. The van der Waals surface area contributed by atoms with Gasteiger partial charge < -0.3 is 5.11 Å². The van der Waals surface area contributed by atoms with E-state index in [-0.39, 0.29) is 5.56 Å². The van der Waals surface area contributed by atoms with Crippen molar-refractivity contribution in [2.45, 2.75) is 0 Å². The van der Waals surface area contributed by atoms with Crippen LogP contribution in [0.25, 0.3) is 16.8 Å². The maximum absolute atomic E-state index is 14.4. The highest BCUT2D eigenvalue weighted by Crippen LogP contribution is 2.28. The normalized spacial score (nSPS) is 10.5. The van der Waals surface area contributed by atoms with Crippen molar-refractivity contribution in [1.29, 1.82) is 0 Å². The first-order chi connectivity index (χ1) is 10.2. The third-order valence-corrected chi connectivity index (χ3v) is 2.99. The third-order valence-electron chi connectivity index (χ3n) is 2.99. The van der Waals surface area contributed by atoms with E-state index in [4.69, 9.17) is 5.11 Å². The fourth-order valence-electron chi connectivity index (χ4n) is 2.00. The summed E-state index contributed by atoms with van der Waals surface area (Å²) in [6, 6.07) is 11.4. The zero-order valence-electron chi connectivity index (χ0n) is 10.6. The number of tetrazole rings is 1. The molecule has 0 radical (unpaired) electrons. The lowest BCUT2D eigenvalue weighted by molar-refractivity contribution is 0.0692. The molecule has 1 aromatic heterocycles. The van der Waals surface area contributed by atoms with E-state index in [1.807, 2.05) is 0 Å². The van der Waals surface area contributed by atoms with Crippen LogP contribution in [0.2, 0.25) is 0 Å². The van der Waals surface area contributed by atoms with Crippen LogP contribution >= 0.6 is 0 Å². The molecule has 104 valence electrons. The molecule has 3 aromatic rings. The summed E-state index contributed by atoms with van der Waals surface area (Å²) in [6.07, 6.45) is 1.31. The average Bonchev–Trinajstić information content (AvgIpc) is 3.02. The Morgan fingerprint density at radius 1 is 1.19 bits per heavy atom. The van der Waals surface area contributed by atoms with Gasteiger partial charge in [0.2, 0.25) is 0 Å². The predicted octanol–water partition coefficient (Wildman–Crippen LogP) is 2.17. The topological polar surface area (TPSA) is 80.9 Å². The van der Waals surface area contributed by atoms with Gasteiger partial charge in [0.05, 0.1) is 11.3 Å². The van der Waals surface area contributed by atoms with E-state index in [0.29, 0.717) is 11.3 Å². The minimum absolute atomic E-state index is 0.181. The number of hydrogen-bond acceptors (Lipinski definition) is 4. The van der Waals surface area contributed by atoms with E-state index in [1.165, 1.54) is 23.1 Å². The van der Waals surface area contributed by atoms with Crippen molar-refractivity contribution < 1.29 is 14.3 Å². The molecule has 0 bridgehead atoms. The Morgan fingerprint density at radius 3 is 2.57 bits per heavy atom. The van der Waals surface area contributed by atoms with Crippen LogP contribution in [0.4, 0.5) is 4.39 Å². The van der Waals surface area contributed by atoms with Crippen LogP contribution < -0.4 is 0 Å². The first kappa shape index (κ1) is 12.9. The van der Waals surface area contributed by atoms with Crippen LogP contribution in [0, 0.1) is 5.82 Å². The van der Waals surface area contributed by atoms with Gasteiger partial charge >= 0.3 is 5.97 Å². The summed E-state index contributed by atoms with van der Waals surface area (Å²) in [6.45, 7) is 0. The molecular weight excluding hydrogens is 275 g/mol.